The second-order valence-corrected chi connectivity index (χ2v) is 11.8. The van der Waals surface area contributed by atoms with Crippen LogP contribution in [-0.2, 0) is 0 Å². The van der Waals surface area contributed by atoms with Crippen LogP contribution in [0.25, 0.3) is 12.2 Å². The Morgan fingerprint density at radius 3 is 1.86 bits per heavy atom. The summed E-state index contributed by atoms with van der Waals surface area (Å²) in [4.78, 5) is 12.7. The third-order valence-corrected chi connectivity index (χ3v) is 8.41. The molecule has 0 bridgehead atoms. The number of ether oxygens (including phenoxy) is 7. The Hall–Kier alpha value is -5.51. The second-order valence-electron chi connectivity index (χ2n) is 11.8. The van der Waals surface area contributed by atoms with Crippen molar-refractivity contribution in [2.45, 2.75) is 38.8 Å². The first-order valence-corrected chi connectivity index (χ1v) is 16.6. The molecule has 4 aromatic rings. The van der Waals surface area contributed by atoms with E-state index in [9.17, 15) is 4.79 Å². The van der Waals surface area contributed by atoms with Gasteiger partial charge >= 0.3 is 0 Å². The molecule has 264 valence electrons. The molecule has 50 heavy (non-hydrogen) atoms. The normalized spacial score (nSPS) is 13.6. The van der Waals surface area contributed by atoms with E-state index in [2.05, 4.69) is 10.6 Å². The second kappa shape index (κ2) is 17.2. The summed E-state index contributed by atoms with van der Waals surface area (Å²) in [6.07, 6.45) is 7.40. The van der Waals surface area contributed by atoms with Crippen molar-refractivity contribution in [3.8, 4) is 40.2 Å². The van der Waals surface area contributed by atoms with Gasteiger partial charge < -0.3 is 43.8 Å². The summed E-state index contributed by atoms with van der Waals surface area (Å²) < 4.78 is 39.7. The lowest BCUT2D eigenvalue weighted by molar-refractivity contribution is 0.0935. The van der Waals surface area contributed by atoms with Crippen LogP contribution >= 0.6 is 0 Å². The van der Waals surface area contributed by atoms with Crippen LogP contribution in [0.5, 0.6) is 40.2 Å². The Kier molecular flexibility index (Phi) is 12.3. The van der Waals surface area contributed by atoms with Crippen molar-refractivity contribution in [2.75, 3.05) is 54.1 Å². The van der Waals surface area contributed by atoms with Crippen LogP contribution in [0, 0.1) is 6.92 Å². The lowest BCUT2D eigenvalue weighted by Crippen LogP contribution is -2.38. The molecule has 0 saturated carbocycles. The number of nitrogens with one attached hydrogen (secondary N) is 2. The summed E-state index contributed by atoms with van der Waals surface area (Å²) in [7, 11) is 8.04. The zero-order valence-electron chi connectivity index (χ0n) is 29.6. The van der Waals surface area contributed by atoms with Crippen molar-refractivity contribution in [1.82, 2.24) is 5.32 Å². The molecule has 4 aromatic carbocycles. The molecule has 1 amide bonds. The summed E-state index contributed by atoms with van der Waals surface area (Å²) in [5, 5.41) is 6.43. The number of rotatable bonds is 17. The molecular weight excluding hydrogens is 636 g/mol. The first kappa shape index (κ1) is 35.8. The molecule has 0 radical (unpaired) electrons. The lowest BCUT2D eigenvalue weighted by atomic mass is 10.0. The van der Waals surface area contributed by atoms with Gasteiger partial charge in [-0.3, -0.25) is 4.79 Å². The molecule has 2 N–H and O–H groups in total. The summed E-state index contributed by atoms with van der Waals surface area (Å²) in [5.74, 6) is 4.31. The molecule has 1 unspecified atom stereocenters. The number of carbonyl (C=O) groups excluding carboxylic acids is 1. The fourth-order valence-corrected chi connectivity index (χ4v) is 5.74. The summed E-state index contributed by atoms with van der Waals surface area (Å²) in [5.41, 5.74) is 5.25. The van der Waals surface area contributed by atoms with Gasteiger partial charge in [0.15, 0.2) is 34.5 Å². The highest BCUT2D eigenvalue weighted by Gasteiger charge is 2.25. The van der Waals surface area contributed by atoms with Crippen molar-refractivity contribution >= 4 is 23.7 Å². The van der Waals surface area contributed by atoms with Crippen molar-refractivity contribution < 1.29 is 38.0 Å². The Balaban J connectivity index is 1.07. The lowest BCUT2D eigenvalue weighted by Gasteiger charge is -2.28. The van der Waals surface area contributed by atoms with Crippen molar-refractivity contribution in [3.63, 3.8) is 0 Å². The van der Waals surface area contributed by atoms with Gasteiger partial charge in [0.25, 0.3) is 5.91 Å². The van der Waals surface area contributed by atoms with Crippen LogP contribution in [0.3, 0.4) is 0 Å². The van der Waals surface area contributed by atoms with Gasteiger partial charge in [-0.25, -0.2) is 0 Å². The van der Waals surface area contributed by atoms with E-state index in [-0.39, 0.29) is 12.1 Å². The van der Waals surface area contributed by atoms with Crippen LogP contribution in [0.1, 0.15) is 64.5 Å². The number of fused-ring (bicyclic) bond motifs is 1. The SMILES string of the molecule is COc1cc(C2NC(=O)c3cc(C)ccc3N2)ccc1OCCCCCCOc1cc(/C=C/c2cc(OC)c(OC)c(OC)c2)ccc1OC. The van der Waals surface area contributed by atoms with E-state index >= 15 is 0 Å². The maximum absolute atomic E-state index is 12.7. The van der Waals surface area contributed by atoms with E-state index in [1.165, 1.54) is 0 Å². The number of hydrogen-bond donors (Lipinski definition) is 2. The smallest absolute Gasteiger partial charge is 0.255 e. The van der Waals surface area contributed by atoms with Crippen LogP contribution in [0.4, 0.5) is 5.69 Å². The van der Waals surface area contributed by atoms with E-state index in [1.807, 2.05) is 85.8 Å². The van der Waals surface area contributed by atoms with Crippen molar-refractivity contribution in [1.29, 1.82) is 0 Å². The number of anilines is 1. The zero-order chi connectivity index (χ0) is 35.5. The maximum atomic E-state index is 12.7. The van der Waals surface area contributed by atoms with Gasteiger partial charge in [-0.1, -0.05) is 35.9 Å². The van der Waals surface area contributed by atoms with Gasteiger partial charge in [0.1, 0.15) is 6.17 Å². The van der Waals surface area contributed by atoms with Gasteiger partial charge in [0, 0.05) is 5.69 Å². The first-order valence-electron chi connectivity index (χ1n) is 16.6. The van der Waals surface area contributed by atoms with Crippen LogP contribution in [0.2, 0.25) is 0 Å². The molecule has 1 aliphatic heterocycles. The molecule has 1 aliphatic rings. The first-order chi connectivity index (χ1) is 24.4. The number of unbranched alkanes of at least 4 members (excludes halogenated alkanes) is 3. The van der Waals surface area contributed by atoms with Gasteiger partial charge in [-0.05, 0) is 97.8 Å². The molecule has 0 spiro atoms. The molecule has 1 heterocycles. The van der Waals surface area contributed by atoms with Gasteiger partial charge in [-0.15, -0.1) is 0 Å². The Labute approximate surface area is 294 Å². The molecule has 0 fully saturated rings. The molecule has 10 heteroatoms. The van der Waals surface area contributed by atoms with E-state index in [1.54, 1.807) is 35.5 Å². The predicted octanol–water partition coefficient (Wildman–Crippen LogP) is 8.08. The topological polar surface area (TPSA) is 106 Å². The molecule has 10 nitrogen and oxygen atoms in total. The largest absolute Gasteiger partial charge is 0.493 e. The third-order valence-electron chi connectivity index (χ3n) is 8.41. The predicted molar refractivity (Wildman–Crippen MR) is 195 cm³/mol. The third kappa shape index (κ3) is 8.74. The number of amides is 1. The summed E-state index contributed by atoms with van der Waals surface area (Å²) >= 11 is 0. The number of methoxy groups -OCH3 is 5. The average Bonchev–Trinajstić information content (AvgIpc) is 3.14. The molecule has 0 aromatic heterocycles. The van der Waals surface area contributed by atoms with Crippen molar-refractivity contribution in [3.05, 3.63) is 94.5 Å². The Bertz CT molecular complexity index is 1780. The highest BCUT2D eigenvalue weighted by atomic mass is 16.5. The number of benzene rings is 4. The standard InChI is InChI=1S/C40H46N2O8/c1-26-11-16-31-30(21-26)40(43)42-39(41-31)29-15-18-33(34(25-29)45-3)49-19-9-7-8-10-20-50-35-22-27(14-17-32(35)44-2)12-13-28-23-36(46-4)38(48-6)37(24-28)47-5/h11-18,21-25,39,41H,7-10,19-20H2,1-6H3,(H,42,43)/b13-12+. The quantitative estimate of drug-likeness (QED) is 0.0845. The highest BCUT2D eigenvalue weighted by Crippen LogP contribution is 2.39. The van der Waals surface area contributed by atoms with Crippen LogP contribution < -0.4 is 43.8 Å². The molecular formula is C40H46N2O8. The fourth-order valence-electron chi connectivity index (χ4n) is 5.74. The highest BCUT2D eigenvalue weighted by molar-refractivity contribution is 6.01. The maximum Gasteiger partial charge on any atom is 0.255 e. The minimum Gasteiger partial charge on any atom is -0.493 e. The van der Waals surface area contributed by atoms with E-state index < -0.39 is 0 Å². The van der Waals surface area contributed by atoms with Crippen molar-refractivity contribution in [2.24, 2.45) is 0 Å². The van der Waals surface area contributed by atoms with Gasteiger partial charge in [0.05, 0.1) is 54.3 Å². The summed E-state index contributed by atoms with van der Waals surface area (Å²) in [6.45, 7) is 3.11. The van der Waals surface area contributed by atoms with Crippen LogP contribution in [0.15, 0.2) is 66.7 Å². The Morgan fingerprint density at radius 2 is 1.20 bits per heavy atom. The monoisotopic (exact) mass is 682 g/mol. The van der Waals surface area contributed by atoms with Gasteiger partial charge in [-0.2, -0.15) is 0 Å². The van der Waals surface area contributed by atoms with E-state index in [4.69, 9.17) is 33.2 Å². The minimum atomic E-state index is -0.365. The van der Waals surface area contributed by atoms with Gasteiger partial charge in [0.2, 0.25) is 5.75 Å². The fraction of sp³-hybridized carbons (Fsp3) is 0.325. The molecule has 1 atom stereocenters. The minimum absolute atomic E-state index is 0.106. The number of carbonyl (C=O) groups is 1. The molecule has 0 aliphatic carbocycles. The zero-order valence-corrected chi connectivity index (χ0v) is 29.6. The summed E-state index contributed by atoms with van der Waals surface area (Å²) in [6, 6.07) is 21.2. The average molecular weight is 683 g/mol. The molecule has 0 saturated heterocycles. The molecule has 5 rings (SSSR count). The number of hydrogen-bond acceptors (Lipinski definition) is 9. The van der Waals surface area contributed by atoms with Crippen LogP contribution in [-0.4, -0.2) is 54.7 Å². The Morgan fingerprint density at radius 1 is 0.580 bits per heavy atom. The number of aryl methyl sites for hydroxylation is 1. The van der Waals surface area contributed by atoms with E-state index in [0.29, 0.717) is 59.0 Å². The van der Waals surface area contributed by atoms with E-state index in [0.717, 1.165) is 53.6 Å².